The first-order valence-corrected chi connectivity index (χ1v) is 5.07. The third-order valence-electron chi connectivity index (χ3n) is 3.05. The molecule has 1 fully saturated rings. The zero-order valence-electron chi connectivity index (χ0n) is 8.29. The van der Waals surface area contributed by atoms with E-state index >= 15 is 0 Å². The quantitative estimate of drug-likeness (QED) is 0.771. The van der Waals surface area contributed by atoms with Gasteiger partial charge in [-0.25, -0.2) is 0 Å². The maximum Gasteiger partial charge on any atom is 0.120 e. The third kappa shape index (κ3) is 1.78. The highest BCUT2D eigenvalue weighted by atomic mass is 16.3. The van der Waals surface area contributed by atoms with Crippen molar-refractivity contribution in [1.82, 2.24) is 5.32 Å². The van der Waals surface area contributed by atoms with Gasteiger partial charge >= 0.3 is 0 Å². The average Bonchev–Trinajstić information content (AvgIpc) is 2.64. The monoisotopic (exact) mass is 179 g/mol. The second-order valence-corrected chi connectivity index (χ2v) is 4.06. The van der Waals surface area contributed by atoms with Gasteiger partial charge in [-0.15, -0.1) is 0 Å². The fraction of sp³-hybridized carbons (Fsp3) is 0.636. The summed E-state index contributed by atoms with van der Waals surface area (Å²) in [4.78, 5) is 0. The van der Waals surface area contributed by atoms with Crippen LogP contribution >= 0.6 is 0 Å². The van der Waals surface area contributed by atoms with Gasteiger partial charge in [0.15, 0.2) is 0 Å². The van der Waals surface area contributed by atoms with E-state index in [4.69, 9.17) is 4.42 Å². The molecule has 1 aromatic rings. The highest BCUT2D eigenvalue weighted by molar-refractivity contribution is 5.04. The van der Waals surface area contributed by atoms with Crippen molar-refractivity contribution >= 4 is 0 Å². The molecule has 0 radical (unpaired) electrons. The van der Waals surface area contributed by atoms with Gasteiger partial charge in [0.2, 0.25) is 0 Å². The van der Waals surface area contributed by atoms with Crippen LogP contribution in [0.15, 0.2) is 22.8 Å². The summed E-state index contributed by atoms with van der Waals surface area (Å²) in [5.74, 6) is 1.87. The van der Waals surface area contributed by atoms with Gasteiger partial charge in [0.05, 0.1) is 12.3 Å². The Kier molecular flexibility index (Phi) is 2.40. The summed E-state index contributed by atoms with van der Waals surface area (Å²) in [5.41, 5.74) is 0. The van der Waals surface area contributed by atoms with Gasteiger partial charge in [0, 0.05) is 6.04 Å². The molecule has 2 rings (SSSR count). The summed E-state index contributed by atoms with van der Waals surface area (Å²) < 4.78 is 5.34. The van der Waals surface area contributed by atoms with E-state index in [9.17, 15) is 0 Å². The van der Waals surface area contributed by atoms with Crippen LogP contribution in [0.2, 0.25) is 0 Å². The summed E-state index contributed by atoms with van der Waals surface area (Å²) in [6.07, 6.45) is 4.41. The van der Waals surface area contributed by atoms with E-state index in [0.29, 0.717) is 12.1 Å². The molecule has 72 valence electrons. The van der Waals surface area contributed by atoms with Crippen LogP contribution in [0.1, 0.15) is 38.5 Å². The first-order chi connectivity index (χ1) is 6.27. The molecule has 0 aromatic carbocycles. The van der Waals surface area contributed by atoms with E-state index in [1.807, 2.05) is 12.1 Å². The molecule has 0 spiro atoms. The summed E-state index contributed by atoms with van der Waals surface area (Å²) in [6, 6.07) is 5.02. The largest absolute Gasteiger partial charge is 0.468 e. The predicted molar refractivity (Wildman–Crippen MR) is 52.4 cm³/mol. The molecule has 2 heteroatoms. The van der Waals surface area contributed by atoms with Crippen LogP contribution in [0, 0.1) is 5.92 Å². The van der Waals surface area contributed by atoms with E-state index in [-0.39, 0.29) is 0 Å². The molecule has 2 nitrogen and oxygen atoms in total. The molecule has 0 amide bonds. The van der Waals surface area contributed by atoms with Crippen LogP contribution in [0.4, 0.5) is 0 Å². The number of hydrogen-bond acceptors (Lipinski definition) is 2. The lowest BCUT2D eigenvalue weighted by atomic mass is 9.81. The number of nitrogens with one attached hydrogen (secondary N) is 1. The van der Waals surface area contributed by atoms with Crippen molar-refractivity contribution < 1.29 is 4.42 Å². The van der Waals surface area contributed by atoms with Crippen LogP contribution in [0.5, 0.6) is 0 Å². The normalized spacial score (nSPS) is 29.7. The van der Waals surface area contributed by atoms with Crippen molar-refractivity contribution in [3.63, 3.8) is 0 Å². The molecule has 1 aromatic heterocycles. The Hall–Kier alpha value is -0.760. The van der Waals surface area contributed by atoms with E-state index in [1.54, 1.807) is 6.26 Å². The lowest BCUT2D eigenvalue weighted by Gasteiger charge is -2.36. The van der Waals surface area contributed by atoms with Gasteiger partial charge < -0.3 is 9.73 Å². The number of furan rings is 1. The van der Waals surface area contributed by atoms with Crippen molar-refractivity contribution in [3.8, 4) is 0 Å². The molecule has 13 heavy (non-hydrogen) atoms. The van der Waals surface area contributed by atoms with Gasteiger partial charge in [-0.05, 0) is 37.8 Å². The van der Waals surface area contributed by atoms with Gasteiger partial charge in [0.25, 0.3) is 0 Å². The smallest absolute Gasteiger partial charge is 0.120 e. The van der Waals surface area contributed by atoms with Crippen LogP contribution in [-0.2, 0) is 0 Å². The van der Waals surface area contributed by atoms with Crippen LogP contribution < -0.4 is 5.32 Å². The highest BCUT2D eigenvalue weighted by Gasteiger charge is 2.28. The Morgan fingerprint density at radius 2 is 2.38 bits per heavy atom. The molecule has 1 N–H and O–H groups in total. The fourth-order valence-corrected chi connectivity index (χ4v) is 1.86. The van der Waals surface area contributed by atoms with Crippen LogP contribution in [0.25, 0.3) is 0 Å². The van der Waals surface area contributed by atoms with E-state index in [2.05, 4.69) is 19.2 Å². The molecule has 0 bridgehead atoms. The molecular weight excluding hydrogens is 162 g/mol. The van der Waals surface area contributed by atoms with Crippen molar-refractivity contribution in [2.24, 2.45) is 5.92 Å². The second kappa shape index (κ2) is 3.54. The minimum Gasteiger partial charge on any atom is -0.468 e. The third-order valence-corrected chi connectivity index (χ3v) is 3.05. The molecular formula is C11H17NO. The molecule has 1 aliphatic rings. The van der Waals surface area contributed by atoms with Crippen molar-refractivity contribution in [1.29, 1.82) is 0 Å². The van der Waals surface area contributed by atoms with Crippen molar-refractivity contribution in [2.75, 3.05) is 0 Å². The zero-order chi connectivity index (χ0) is 9.26. The van der Waals surface area contributed by atoms with Gasteiger partial charge in [-0.1, -0.05) is 6.92 Å². The van der Waals surface area contributed by atoms with E-state index < -0.39 is 0 Å². The summed E-state index contributed by atoms with van der Waals surface area (Å²) in [6.45, 7) is 4.46. The zero-order valence-corrected chi connectivity index (χ0v) is 8.29. The minimum atomic E-state index is 0.350. The van der Waals surface area contributed by atoms with Crippen LogP contribution in [-0.4, -0.2) is 6.04 Å². The molecule has 1 heterocycles. The van der Waals surface area contributed by atoms with E-state index in [0.717, 1.165) is 11.7 Å². The Morgan fingerprint density at radius 3 is 2.85 bits per heavy atom. The van der Waals surface area contributed by atoms with Gasteiger partial charge in [-0.3, -0.25) is 0 Å². The second-order valence-electron chi connectivity index (χ2n) is 4.06. The first-order valence-electron chi connectivity index (χ1n) is 5.07. The Labute approximate surface area is 79.3 Å². The molecule has 0 aliphatic heterocycles. The minimum absolute atomic E-state index is 0.350. The number of rotatable bonds is 3. The van der Waals surface area contributed by atoms with Crippen molar-refractivity contribution in [2.45, 2.75) is 38.8 Å². The molecule has 1 aliphatic carbocycles. The molecule has 3 atom stereocenters. The van der Waals surface area contributed by atoms with Crippen LogP contribution in [0.3, 0.4) is 0 Å². The highest BCUT2D eigenvalue weighted by Crippen LogP contribution is 2.28. The Balaban J connectivity index is 1.88. The Bertz CT molecular complexity index is 255. The number of hydrogen-bond donors (Lipinski definition) is 1. The van der Waals surface area contributed by atoms with Gasteiger partial charge in [0.1, 0.15) is 5.76 Å². The predicted octanol–water partition coefficient (Wildman–Crippen LogP) is 2.73. The fourth-order valence-electron chi connectivity index (χ4n) is 1.86. The molecule has 2 unspecified atom stereocenters. The molecule has 0 saturated heterocycles. The summed E-state index contributed by atoms with van der Waals surface area (Å²) >= 11 is 0. The maximum atomic E-state index is 5.34. The standard InChI is InChI=1S/C11H17NO/c1-8-5-6-10(8)12-9(2)11-4-3-7-13-11/h3-4,7-10,12H,5-6H2,1-2H3/t8?,9-,10?/m1/s1. The average molecular weight is 179 g/mol. The SMILES string of the molecule is CC1CCC1N[C@H](C)c1ccco1. The lowest BCUT2D eigenvalue weighted by Crippen LogP contribution is -2.43. The van der Waals surface area contributed by atoms with Gasteiger partial charge in [-0.2, -0.15) is 0 Å². The topological polar surface area (TPSA) is 25.2 Å². The lowest BCUT2D eigenvalue weighted by molar-refractivity contribution is 0.206. The van der Waals surface area contributed by atoms with E-state index in [1.165, 1.54) is 12.8 Å². The summed E-state index contributed by atoms with van der Waals surface area (Å²) in [5, 5.41) is 3.57. The maximum absolute atomic E-state index is 5.34. The van der Waals surface area contributed by atoms with Crippen molar-refractivity contribution in [3.05, 3.63) is 24.2 Å². The molecule has 1 saturated carbocycles. The first kappa shape index (κ1) is 8.82. The Morgan fingerprint density at radius 1 is 1.54 bits per heavy atom. The summed E-state index contributed by atoms with van der Waals surface area (Å²) in [7, 11) is 0.